The lowest BCUT2D eigenvalue weighted by Crippen LogP contribution is -2.58. The van der Waals surface area contributed by atoms with Crippen LogP contribution in [0.1, 0.15) is 18.5 Å². The van der Waals surface area contributed by atoms with Gasteiger partial charge in [0.25, 0.3) is 0 Å². The first-order valence-corrected chi connectivity index (χ1v) is 11.2. The minimum absolute atomic E-state index is 0.143. The first-order valence-electron chi connectivity index (χ1n) is 9.77. The van der Waals surface area contributed by atoms with E-state index in [0.29, 0.717) is 11.4 Å². The number of carboxylic acids is 2. The zero-order valence-electron chi connectivity index (χ0n) is 17.8. The Hall–Kier alpha value is -3.17. The third-order valence-corrected chi connectivity index (χ3v) is 5.03. The molecule has 0 bridgehead atoms. The van der Waals surface area contributed by atoms with Gasteiger partial charge in [0, 0.05) is 18.3 Å². The summed E-state index contributed by atoms with van der Waals surface area (Å²) in [5.41, 5.74) is 6.50. The molecule has 0 radical (unpaired) electrons. The zero-order valence-corrected chi connectivity index (χ0v) is 18.6. The second-order valence-electron chi connectivity index (χ2n) is 6.97. The van der Waals surface area contributed by atoms with Crippen LogP contribution in [0, 0.1) is 0 Å². The summed E-state index contributed by atoms with van der Waals surface area (Å²) in [6, 6.07) is -5.40. The van der Waals surface area contributed by atoms with Gasteiger partial charge in [-0.15, -0.1) is 0 Å². The molecule has 1 aromatic rings. The standard InChI is InChI=1S/C18H28N6O8S/c1-33-3-2-11(22-15(28)10(19)4-9-6-20-8-21-9)16(29)24-13(7-25)17(30)23-12(18(31)32)5-14(26)27/h6,8,10-13,25H,2-5,7,19H2,1H3,(H,20,21)(H,22,28)(H,23,30)(H,24,29)(H,26,27)(H,31,32). The van der Waals surface area contributed by atoms with Gasteiger partial charge >= 0.3 is 11.9 Å². The van der Waals surface area contributed by atoms with Gasteiger partial charge in [0.05, 0.1) is 25.4 Å². The molecule has 4 atom stereocenters. The predicted octanol–water partition coefficient (Wildman–Crippen LogP) is -2.96. The van der Waals surface area contributed by atoms with Crippen molar-refractivity contribution < 1.29 is 39.3 Å². The monoisotopic (exact) mass is 488 g/mol. The van der Waals surface area contributed by atoms with Gasteiger partial charge in [-0.25, -0.2) is 9.78 Å². The third-order valence-electron chi connectivity index (χ3n) is 4.38. The second-order valence-corrected chi connectivity index (χ2v) is 7.96. The maximum absolute atomic E-state index is 12.7. The van der Waals surface area contributed by atoms with E-state index in [1.54, 1.807) is 6.26 Å². The van der Waals surface area contributed by atoms with E-state index >= 15 is 0 Å². The van der Waals surface area contributed by atoms with Gasteiger partial charge in [-0.1, -0.05) is 0 Å². The molecule has 1 aromatic heterocycles. The first kappa shape index (κ1) is 27.9. The number of carboxylic acid groups (broad SMARTS) is 2. The molecule has 0 aliphatic rings. The lowest BCUT2D eigenvalue weighted by atomic mass is 10.1. The van der Waals surface area contributed by atoms with Gasteiger partial charge in [-0.2, -0.15) is 11.8 Å². The Kier molecular flexibility index (Phi) is 11.9. The minimum Gasteiger partial charge on any atom is -0.481 e. The molecule has 4 unspecified atom stereocenters. The number of nitrogens with two attached hydrogens (primary N) is 1. The summed E-state index contributed by atoms with van der Waals surface area (Å²) in [5, 5.41) is 34.0. The highest BCUT2D eigenvalue weighted by Crippen LogP contribution is 2.04. The highest BCUT2D eigenvalue weighted by Gasteiger charge is 2.30. The fourth-order valence-corrected chi connectivity index (χ4v) is 3.09. The van der Waals surface area contributed by atoms with Crippen LogP contribution in [0.2, 0.25) is 0 Å². The van der Waals surface area contributed by atoms with E-state index in [2.05, 4.69) is 20.6 Å². The number of aliphatic hydroxyl groups is 1. The topological polar surface area (TPSA) is 237 Å². The van der Waals surface area contributed by atoms with Gasteiger partial charge in [0.15, 0.2) is 0 Å². The molecule has 9 N–H and O–H groups in total. The van der Waals surface area contributed by atoms with Crippen LogP contribution in [0.4, 0.5) is 0 Å². The van der Waals surface area contributed by atoms with Gasteiger partial charge in [0.1, 0.15) is 18.1 Å². The number of imidazole rings is 1. The molecule has 14 nitrogen and oxygen atoms in total. The SMILES string of the molecule is CSCCC(NC(=O)C(N)Cc1cnc[nH]1)C(=O)NC(CO)C(=O)NC(CC(=O)O)C(=O)O. The Morgan fingerprint density at radius 3 is 2.18 bits per heavy atom. The lowest BCUT2D eigenvalue weighted by molar-refractivity contribution is -0.147. The number of aliphatic carboxylic acids is 2. The molecule has 184 valence electrons. The molecule has 1 heterocycles. The van der Waals surface area contributed by atoms with Crippen LogP contribution in [0.3, 0.4) is 0 Å². The number of hydrogen-bond acceptors (Lipinski definition) is 9. The number of nitrogens with zero attached hydrogens (tertiary/aromatic N) is 1. The summed E-state index contributed by atoms with van der Waals surface area (Å²) in [5.74, 6) is -5.09. The molecule has 0 aromatic carbocycles. The maximum atomic E-state index is 12.7. The molecule has 0 aliphatic heterocycles. The fraction of sp³-hybridized carbons (Fsp3) is 0.556. The first-order chi connectivity index (χ1) is 15.6. The molecule has 0 saturated heterocycles. The van der Waals surface area contributed by atoms with Crippen molar-refractivity contribution in [2.45, 2.75) is 43.4 Å². The molecule has 0 fully saturated rings. The van der Waals surface area contributed by atoms with E-state index in [-0.39, 0.29) is 12.8 Å². The summed E-state index contributed by atoms with van der Waals surface area (Å²) >= 11 is 1.41. The van der Waals surface area contributed by atoms with Gasteiger partial charge in [-0.3, -0.25) is 19.2 Å². The number of nitrogens with one attached hydrogen (secondary N) is 4. The molecule has 0 saturated carbocycles. The van der Waals surface area contributed by atoms with Gasteiger partial charge in [-0.05, 0) is 18.4 Å². The molecule has 0 aliphatic carbocycles. The number of rotatable bonds is 15. The van der Waals surface area contributed by atoms with E-state index in [1.165, 1.54) is 24.3 Å². The van der Waals surface area contributed by atoms with Crippen LogP contribution < -0.4 is 21.7 Å². The maximum Gasteiger partial charge on any atom is 0.326 e. The van der Waals surface area contributed by atoms with Gasteiger partial charge in [0.2, 0.25) is 17.7 Å². The highest BCUT2D eigenvalue weighted by atomic mass is 32.2. The number of thioether (sulfide) groups is 1. The van der Waals surface area contributed by atoms with Crippen molar-refractivity contribution in [3.8, 4) is 0 Å². The summed E-state index contributed by atoms with van der Waals surface area (Å²) in [6.45, 7) is -0.889. The summed E-state index contributed by atoms with van der Waals surface area (Å²) in [7, 11) is 0. The van der Waals surface area contributed by atoms with Crippen molar-refractivity contribution in [2.24, 2.45) is 5.73 Å². The van der Waals surface area contributed by atoms with Crippen molar-refractivity contribution in [2.75, 3.05) is 18.6 Å². The van der Waals surface area contributed by atoms with Crippen molar-refractivity contribution in [1.29, 1.82) is 0 Å². The Morgan fingerprint density at radius 1 is 1.06 bits per heavy atom. The molecule has 3 amide bonds. The fourth-order valence-electron chi connectivity index (χ4n) is 2.62. The average molecular weight is 489 g/mol. The molecule has 33 heavy (non-hydrogen) atoms. The Bertz CT molecular complexity index is 821. The quantitative estimate of drug-likeness (QED) is 0.124. The normalized spacial score (nSPS) is 14.4. The van der Waals surface area contributed by atoms with E-state index in [1.807, 2.05) is 5.32 Å². The Balaban J connectivity index is 2.80. The van der Waals surface area contributed by atoms with E-state index in [0.717, 1.165) is 0 Å². The van der Waals surface area contributed by atoms with Crippen molar-refractivity contribution in [3.63, 3.8) is 0 Å². The number of carbonyl (C=O) groups excluding carboxylic acids is 3. The minimum atomic E-state index is -1.76. The van der Waals surface area contributed by atoms with Crippen LogP contribution in [-0.2, 0) is 30.4 Å². The van der Waals surface area contributed by atoms with Crippen molar-refractivity contribution in [1.82, 2.24) is 25.9 Å². The summed E-state index contributed by atoms with van der Waals surface area (Å²) in [6.07, 6.45) is 4.16. The Morgan fingerprint density at radius 2 is 1.67 bits per heavy atom. The highest BCUT2D eigenvalue weighted by molar-refractivity contribution is 7.98. The second kappa shape index (κ2) is 14.1. The van der Waals surface area contributed by atoms with Crippen LogP contribution in [0.25, 0.3) is 0 Å². The molecular weight excluding hydrogens is 460 g/mol. The van der Waals surface area contributed by atoms with E-state index in [9.17, 15) is 29.1 Å². The molecule has 1 rings (SSSR count). The van der Waals surface area contributed by atoms with Crippen LogP contribution in [0.5, 0.6) is 0 Å². The Labute approximate surface area is 193 Å². The molecule has 15 heteroatoms. The van der Waals surface area contributed by atoms with Gasteiger partial charge < -0.3 is 42.0 Å². The molecular formula is C18H28N6O8S. The van der Waals surface area contributed by atoms with E-state index < -0.39 is 66.9 Å². The van der Waals surface area contributed by atoms with Crippen LogP contribution in [0.15, 0.2) is 12.5 Å². The van der Waals surface area contributed by atoms with Crippen LogP contribution >= 0.6 is 11.8 Å². The van der Waals surface area contributed by atoms with Crippen molar-refractivity contribution >= 4 is 41.4 Å². The number of hydrogen-bond donors (Lipinski definition) is 8. The zero-order chi connectivity index (χ0) is 25.0. The van der Waals surface area contributed by atoms with E-state index in [4.69, 9.17) is 15.9 Å². The average Bonchev–Trinajstić information content (AvgIpc) is 3.26. The van der Waals surface area contributed by atoms with Crippen LogP contribution in [-0.4, -0.2) is 97.7 Å². The predicted molar refractivity (Wildman–Crippen MR) is 116 cm³/mol. The largest absolute Gasteiger partial charge is 0.481 e. The van der Waals surface area contributed by atoms with Crippen molar-refractivity contribution in [3.05, 3.63) is 18.2 Å². The third kappa shape index (κ3) is 9.88. The number of amides is 3. The smallest absolute Gasteiger partial charge is 0.326 e. The molecule has 0 spiro atoms. The number of aliphatic hydroxyl groups excluding tert-OH is 1. The lowest BCUT2D eigenvalue weighted by Gasteiger charge is -2.24. The summed E-state index contributed by atoms with van der Waals surface area (Å²) in [4.78, 5) is 66.0. The number of aromatic nitrogens is 2. The number of H-pyrrole nitrogens is 1. The summed E-state index contributed by atoms with van der Waals surface area (Å²) < 4.78 is 0. The number of aromatic amines is 1. The number of carbonyl (C=O) groups is 5.